The molecule has 0 radical (unpaired) electrons. The van der Waals surface area contributed by atoms with Crippen LogP contribution < -0.4 is 4.46 Å². The second kappa shape index (κ2) is 8.01. The van der Waals surface area contributed by atoms with Gasteiger partial charge in [-0.2, -0.15) is 0 Å². The van der Waals surface area contributed by atoms with Crippen molar-refractivity contribution in [3.05, 3.63) is 66.2 Å². The van der Waals surface area contributed by atoms with Crippen LogP contribution in [0.4, 0.5) is 0 Å². The van der Waals surface area contributed by atoms with E-state index in [9.17, 15) is 4.79 Å². The van der Waals surface area contributed by atoms with E-state index in [1.807, 2.05) is 24.3 Å². The van der Waals surface area contributed by atoms with Crippen LogP contribution in [-0.4, -0.2) is 27.3 Å². The summed E-state index contributed by atoms with van der Waals surface area (Å²) in [6.45, 7) is 1.79. The number of ether oxygens (including phenoxy) is 1. The summed E-state index contributed by atoms with van der Waals surface area (Å²) in [5.74, 6) is 0. The quantitative estimate of drug-likeness (QED) is 0.575. The van der Waals surface area contributed by atoms with Crippen LogP contribution in [0.3, 0.4) is 0 Å². The first-order valence-electron chi connectivity index (χ1n) is 6.63. The molecule has 0 heterocycles. The molecule has 2 rings (SSSR count). The molecule has 2 aromatic carbocycles. The van der Waals surface area contributed by atoms with E-state index in [1.165, 1.54) is 4.46 Å². The monoisotopic (exact) mass is 334 g/mol. The topological polar surface area (TPSA) is 26.3 Å². The Morgan fingerprint density at radius 3 is 2.25 bits per heavy atom. The molecule has 0 amide bonds. The maximum absolute atomic E-state index is 10.8. The summed E-state index contributed by atoms with van der Waals surface area (Å²) in [4.78, 5) is 10.8. The summed E-state index contributed by atoms with van der Waals surface area (Å²) in [5.41, 5.74) is 1.14. The molecule has 0 aliphatic carbocycles. The maximum atomic E-state index is 10.8. The summed E-state index contributed by atoms with van der Waals surface area (Å²) in [6, 6.07) is 20.6. The molecule has 0 aromatic heterocycles. The van der Waals surface area contributed by atoms with Crippen molar-refractivity contribution >= 4 is 25.7 Å². The Morgan fingerprint density at radius 2 is 1.65 bits per heavy atom. The van der Waals surface area contributed by atoms with Crippen LogP contribution in [0.5, 0.6) is 0 Å². The molecule has 0 fully saturated rings. The second-order valence-electron chi connectivity index (χ2n) is 4.50. The Morgan fingerprint density at radius 1 is 1.05 bits per heavy atom. The van der Waals surface area contributed by atoms with E-state index < -0.39 is 0 Å². The van der Waals surface area contributed by atoms with Gasteiger partial charge in [-0.05, 0) is 0 Å². The van der Waals surface area contributed by atoms with Crippen molar-refractivity contribution in [3.8, 4) is 0 Å². The Kier molecular flexibility index (Phi) is 6.00. The standard InChI is InChI=1S/C17H18O2Se/c1-14(12-18)19-17(15-8-4-2-5-9-15)13-20-16-10-6-3-7-11-16/h2-12,14,17H,13H2,1H3/t14-,17?/m0/s1. The van der Waals surface area contributed by atoms with Crippen LogP contribution in [0.1, 0.15) is 18.6 Å². The molecule has 104 valence electrons. The van der Waals surface area contributed by atoms with Crippen molar-refractivity contribution in [1.82, 2.24) is 0 Å². The number of aldehydes is 1. The molecule has 0 saturated carbocycles. The summed E-state index contributed by atoms with van der Waals surface area (Å²) >= 11 is 0.338. The Hall–Kier alpha value is -1.41. The second-order valence-corrected chi connectivity index (χ2v) is 6.79. The number of rotatable bonds is 7. The zero-order valence-corrected chi connectivity index (χ0v) is 13.2. The molecule has 0 bridgehead atoms. The van der Waals surface area contributed by atoms with Crippen LogP contribution in [0.2, 0.25) is 5.32 Å². The van der Waals surface area contributed by atoms with Crippen LogP contribution in [0.15, 0.2) is 60.7 Å². The molecule has 0 aliphatic rings. The molecular weight excluding hydrogens is 315 g/mol. The molecule has 3 heteroatoms. The van der Waals surface area contributed by atoms with Gasteiger partial charge in [-0.25, -0.2) is 0 Å². The third kappa shape index (κ3) is 4.60. The average Bonchev–Trinajstić information content (AvgIpc) is 2.53. The first kappa shape index (κ1) is 15.0. The van der Waals surface area contributed by atoms with Gasteiger partial charge >= 0.3 is 126 Å². The van der Waals surface area contributed by atoms with Gasteiger partial charge in [0.2, 0.25) is 0 Å². The van der Waals surface area contributed by atoms with E-state index in [1.54, 1.807) is 6.92 Å². The zero-order chi connectivity index (χ0) is 14.2. The molecule has 2 atom stereocenters. The van der Waals surface area contributed by atoms with Crippen molar-refractivity contribution in [3.63, 3.8) is 0 Å². The van der Waals surface area contributed by atoms with E-state index in [-0.39, 0.29) is 12.2 Å². The molecule has 2 aromatic rings. The number of carbonyl (C=O) groups excluding carboxylic acids is 1. The van der Waals surface area contributed by atoms with Crippen molar-refractivity contribution < 1.29 is 9.53 Å². The number of benzene rings is 2. The van der Waals surface area contributed by atoms with Crippen LogP contribution in [-0.2, 0) is 9.53 Å². The van der Waals surface area contributed by atoms with E-state index in [0.717, 1.165) is 17.2 Å². The number of carbonyl (C=O) groups is 1. The third-order valence-corrected chi connectivity index (χ3v) is 5.14. The van der Waals surface area contributed by atoms with Gasteiger partial charge in [-0.1, -0.05) is 0 Å². The summed E-state index contributed by atoms with van der Waals surface area (Å²) < 4.78 is 7.21. The van der Waals surface area contributed by atoms with Gasteiger partial charge in [0.25, 0.3) is 0 Å². The fourth-order valence-corrected chi connectivity index (χ4v) is 3.89. The first-order chi connectivity index (χ1) is 9.79. The van der Waals surface area contributed by atoms with Gasteiger partial charge in [0.15, 0.2) is 0 Å². The Bertz CT molecular complexity index is 513. The number of hydrogen-bond donors (Lipinski definition) is 0. The van der Waals surface area contributed by atoms with Crippen molar-refractivity contribution in [2.24, 2.45) is 0 Å². The van der Waals surface area contributed by atoms with Gasteiger partial charge in [0.05, 0.1) is 0 Å². The predicted molar refractivity (Wildman–Crippen MR) is 82.4 cm³/mol. The normalized spacial score (nSPS) is 13.7. The molecule has 0 aliphatic heterocycles. The van der Waals surface area contributed by atoms with Gasteiger partial charge in [-0.3, -0.25) is 0 Å². The SMILES string of the molecule is C[C@@H](C=O)OC(C[Se]c1ccccc1)c1ccccc1. The fraction of sp³-hybridized carbons (Fsp3) is 0.235. The van der Waals surface area contributed by atoms with Gasteiger partial charge < -0.3 is 0 Å². The van der Waals surface area contributed by atoms with Gasteiger partial charge in [-0.15, -0.1) is 0 Å². The number of hydrogen-bond acceptors (Lipinski definition) is 2. The van der Waals surface area contributed by atoms with Crippen molar-refractivity contribution in [2.45, 2.75) is 24.5 Å². The molecule has 2 nitrogen and oxygen atoms in total. The molecule has 20 heavy (non-hydrogen) atoms. The van der Waals surface area contributed by atoms with Gasteiger partial charge in [0, 0.05) is 0 Å². The summed E-state index contributed by atoms with van der Waals surface area (Å²) in [6.07, 6.45) is 0.467. The Balaban J connectivity index is 2.05. The fourth-order valence-electron chi connectivity index (χ4n) is 1.86. The van der Waals surface area contributed by atoms with Crippen molar-refractivity contribution in [2.75, 3.05) is 0 Å². The molecule has 0 saturated heterocycles. The van der Waals surface area contributed by atoms with E-state index in [2.05, 4.69) is 36.4 Å². The molecule has 1 unspecified atom stereocenters. The zero-order valence-electron chi connectivity index (χ0n) is 11.4. The minimum absolute atomic E-state index is 0.0170. The molecule has 0 spiro atoms. The van der Waals surface area contributed by atoms with Crippen LogP contribution in [0, 0.1) is 0 Å². The van der Waals surface area contributed by atoms with Crippen LogP contribution >= 0.6 is 0 Å². The van der Waals surface area contributed by atoms with E-state index in [4.69, 9.17) is 4.74 Å². The Labute approximate surface area is 126 Å². The average molecular weight is 333 g/mol. The van der Waals surface area contributed by atoms with E-state index >= 15 is 0 Å². The molecule has 0 N–H and O–H groups in total. The third-order valence-electron chi connectivity index (χ3n) is 2.89. The van der Waals surface area contributed by atoms with Gasteiger partial charge in [0.1, 0.15) is 0 Å². The van der Waals surface area contributed by atoms with E-state index in [0.29, 0.717) is 15.0 Å². The summed E-state index contributed by atoms with van der Waals surface area (Å²) in [5, 5.41) is 0.930. The minimum atomic E-state index is -0.369. The van der Waals surface area contributed by atoms with Crippen molar-refractivity contribution in [1.29, 1.82) is 0 Å². The van der Waals surface area contributed by atoms with Crippen LogP contribution in [0.25, 0.3) is 0 Å². The predicted octanol–water partition coefficient (Wildman–Crippen LogP) is 2.78. The first-order valence-corrected chi connectivity index (χ1v) is 8.70. The molecular formula is C17H18O2Se. The summed E-state index contributed by atoms with van der Waals surface area (Å²) in [7, 11) is 0.